The molecule has 6 heteroatoms. The van der Waals surface area contributed by atoms with Crippen molar-refractivity contribution in [1.82, 2.24) is 15.5 Å². The summed E-state index contributed by atoms with van der Waals surface area (Å²) in [5, 5.41) is 7.83. The molecular weight excluding hydrogens is 342 g/mol. The van der Waals surface area contributed by atoms with Crippen molar-refractivity contribution < 1.29 is 13.7 Å². The number of carbonyl (C=O) groups excluding carboxylic acids is 1. The number of nitrogens with zero attached hydrogens (tertiary/aromatic N) is 2. The van der Waals surface area contributed by atoms with E-state index < -0.39 is 0 Å². The predicted octanol–water partition coefficient (Wildman–Crippen LogP) is 3.96. The summed E-state index contributed by atoms with van der Waals surface area (Å²) in [5.41, 5.74) is 3.87. The summed E-state index contributed by atoms with van der Waals surface area (Å²) in [6.45, 7) is 4.19. The van der Waals surface area contributed by atoms with Gasteiger partial charge in [0, 0.05) is 10.9 Å². The molecule has 27 heavy (non-hydrogen) atoms. The summed E-state index contributed by atoms with van der Waals surface area (Å²) in [6.07, 6.45) is 0.309. The minimum Gasteiger partial charge on any atom is -0.452 e. The van der Waals surface area contributed by atoms with Gasteiger partial charge in [-0.3, -0.25) is 4.79 Å². The first kappa shape index (κ1) is 17.0. The van der Waals surface area contributed by atoms with Crippen molar-refractivity contribution in [1.29, 1.82) is 0 Å². The van der Waals surface area contributed by atoms with Gasteiger partial charge in [0.25, 0.3) is 0 Å². The summed E-state index contributed by atoms with van der Waals surface area (Å²) < 4.78 is 11.1. The molecule has 0 aliphatic rings. The molecule has 6 nitrogen and oxygen atoms in total. The van der Waals surface area contributed by atoms with Crippen LogP contribution in [-0.4, -0.2) is 16.0 Å². The van der Waals surface area contributed by atoms with Crippen LogP contribution in [0.2, 0.25) is 0 Å². The molecule has 0 saturated carbocycles. The fraction of sp³-hybridized carbons (Fsp3) is 0.190. The van der Waals surface area contributed by atoms with Gasteiger partial charge in [0.05, 0.1) is 13.0 Å². The molecule has 2 aromatic carbocycles. The Bertz CT molecular complexity index is 1100. The van der Waals surface area contributed by atoms with Crippen molar-refractivity contribution in [3.8, 4) is 11.6 Å². The van der Waals surface area contributed by atoms with Crippen molar-refractivity contribution >= 4 is 16.9 Å². The number of rotatable bonds is 5. The maximum Gasteiger partial charge on any atom is 0.246 e. The summed E-state index contributed by atoms with van der Waals surface area (Å²) in [4.78, 5) is 16.4. The normalized spacial score (nSPS) is 11.0. The quantitative estimate of drug-likeness (QED) is 0.582. The number of furan rings is 1. The minimum absolute atomic E-state index is 0.101. The molecular formula is C21H19N3O3. The number of hydrogen-bond acceptors (Lipinski definition) is 5. The molecule has 1 N–H and O–H groups in total. The Labute approximate surface area is 156 Å². The van der Waals surface area contributed by atoms with Gasteiger partial charge in [0.1, 0.15) is 5.58 Å². The van der Waals surface area contributed by atoms with Crippen LogP contribution in [0, 0.1) is 13.8 Å². The molecule has 0 atom stereocenters. The van der Waals surface area contributed by atoms with Gasteiger partial charge in [0.2, 0.25) is 17.6 Å². The SMILES string of the molecule is Cc1ccc2oc(-c3noc(CNC(=O)Cc4ccccc4)n3)c(C)c2c1. The van der Waals surface area contributed by atoms with E-state index in [-0.39, 0.29) is 12.5 Å². The van der Waals surface area contributed by atoms with Gasteiger partial charge in [-0.15, -0.1) is 0 Å². The van der Waals surface area contributed by atoms with Gasteiger partial charge >= 0.3 is 0 Å². The monoisotopic (exact) mass is 361 g/mol. The number of carbonyl (C=O) groups is 1. The molecule has 136 valence electrons. The Kier molecular flexibility index (Phi) is 4.46. The second kappa shape index (κ2) is 7.07. The number of fused-ring (bicyclic) bond motifs is 1. The molecule has 4 aromatic rings. The van der Waals surface area contributed by atoms with Crippen molar-refractivity contribution in [2.75, 3.05) is 0 Å². The highest BCUT2D eigenvalue weighted by molar-refractivity contribution is 5.87. The van der Waals surface area contributed by atoms with E-state index in [0.717, 1.165) is 27.7 Å². The lowest BCUT2D eigenvalue weighted by molar-refractivity contribution is -0.120. The topological polar surface area (TPSA) is 81.2 Å². The van der Waals surface area contributed by atoms with Crippen molar-refractivity contribution in [2.45, 2.75) is 26.8 Å². The third kappa shape index (κ3) is 3.60. The number of aromatic nitrogens is 2. The Morgan fingerprint density at radius 2 is 1.93 bits per heavy atom. The molecule has 0 bridgehead atoms. The van der Waals surface area contributed by atoms with Crippen LogP contribution in [0.1, 0.15) is 22.6 Å². The van der Waals surface area contributed by atoms with E-state index in [2.05, 4.69) is 21.5 Å². The fourth-order valence-corrected chi connectivity index (χ4v) is 2.98. The highest BCUT2D eigenvalue weighted by Gasteiger charge is 2.18. The lowest BCUT2D eigenvalue weighted by atomic mass is 10.1. The summed E-state index contributed by atoms with van der Waals surface area (Å²) in [5.74, 6) is 1.20. The van der Waals surface area contributed by atoms with Gasteiger partial charge in [0.15, 0.2) is 5.76 Å². The predicted molar refractivity (Wildman–Crippen MR) is 101 cm³/mol. The lowest BCUT2D eigenvalue weighted by Crippen LogP contribution is -2.24. The van der Waals surface area contributed by atoms with E-state index in [1.807, 2.05) is 56.3 Å². The van der Waals surface area contributed by atoms with E-state index in [0.29, 0.717) is 23.9 Å². The lowest BCUT2D eigenvalue weighted by Gasteiger charge is -2.02. The van der Waals surface area contributed by atoms with Gasteiger partial charge in [-0.05, 0) is 31.5 Å². The first-order valence-corrected chi connectivity index (χ1v) is 8.73. The zero-order chi connectivity index (χ0) is 18.8. The molecule has 0 radical (unpaired) electrons. The molecule has 0 fully saturated rings. The number of amides is 1. The molecule has 0 aliphatic carbocycles. The first-order valence-electron chi connectivity index (χ1n) is 8.73. The fourth-order valence-electron chi connectivity index (χ4n) is 2.98. The minimum atomic E-state index is -0.101. The van der Waals surface area contributed by atoms with Gasteiger partial charge in [-0.2, -0.15) is 4.98 Å². The molecule has 2 heterocycles. The smallest absolute Gasteiger partial charge is 0.246 e. The van der Waals surface area contributed by atoms with E-state index in [4.69, 9.17) is 8.94 Å². The van der Waals surface area contributed by atoms with Crippen LogP contribution in [0.5, 0.6) is 0 Å². The van der Waals surface area contributed by atoms with E-state index in [1.54, 1.807) is 0 Å². The number of aryl methyl sites for hydroxylation is 2. The number of benzene rings is 2. The average molecular weight is 361 g/mol. The van der Waals surface area contributed by atoms with Crippen LogP contribution in [0.25, 0.3) is 22.6 Å². The molecule has 0 aliphatic heterocycles. The molecule has 0 saturated heterocycles. The molecule has 2 aromatic heterocycles. The van der Waals surface area contributed by atoms with Crippen molar-refractivity contribution in [2.24, 2.45) is 0 Å². The second-order valence-corrected chi connectivity index (χ2v) is 6.51. The van der Waals surface area contributed by atoms with Gasteiger partial charge in [-0.25, -0.2) is 0 Å². The van der Waals surface area contributed by atoms with E-state index in [1.165, 1.54) is 0 Å². The largest absolute Gasteiger partial charge is 0.452 e. The van der Waals surface area contributed by atoms with Crippen molar-refractivity contribution in [3.63, 3.8) is 0 Å². The highest BCUT2D eigenvalue weighted by Crippen LogP contribution is 2.31. The Morgan fingerprint density at radius 1 is 1.11 bits per heavy atom. The first-order chi connectivity index (χ1) is 13.1. The molecule has 0 unspecified atom stereocenters. The maximum absolute atomic E-state index is 12.0. The highest BCUT2D eigenvalue weighted by atomic mass is 16.5. The molecule has 4 rings (SSSR count). The van der Waals surface area contributed by atoms with Gasteiger partial charge in [-0.1, -0.05) is 47.1 Å². The van der Waals surface area contributed by atoms with Gasteiger partial charge < -0.3 is 14.3 Å². The standard InChI is InChI=1S/C21H19N3O3/c1-13-8-9-17-16(10-13)14(2)20(26-17)21-23-19(27-24-21)12-22-18(25)11-15-6-4-3-5-7-15/h3-10H,11-12H2,1-2H3,(H,22,25). The summed E-state index contributed by atoms with van der Waals surface area (Å²) >= 11 is 0. The van der Waals surface area contributed by atoms with Crippen LogP contribution < -0.4 is 5.32 Å². The molecule has 1 amide bonds. The van der Waals surface area contributed by atoms with Crippen molar-refractivity contribution in [3.05, 3.63) is 71.1 Å². The Hall–Kier alpha value is -3.41. The van der Waals surface area contributed by atoms with Crippen LogP contribution >= 0.6 is 0 Å². The third-order valence-corrected chi connectivity index (χ3v) is 4.41. The molecule has 0 spiro atoms. The maximum atomic E-state index is 12.0. The second-order valence-electron chi connectivity index (χ2n) is 6.51. The van der Waals surface area contributed by atoms with Crippen LogP contribution in [0.3, 0.4) is 0 Å². The van der Waals surface area contributed by atoms with E-state index in [9.17, 15) is 4.79 Å². The summed E-state index contributed by atoms with van der Waals surface area (Å²) in [6, 6.07) is 15.6. The summed E-state index contributed by atoms with van der Waals surface area (Å²) in [7, 11) is 0. The van der Waals surface area contributed by atoms with Crippen LogP contribution in [-0.2, 0) is 17.8 Å². The zero-order valence-corrected chi connectivity index (χ0v) is 15.2. The Balaban J connectivity index is 1.46. The zero-order valence-electron chi connectivity index (χ0n) is 15.2. The third-order valence-electron chi connectivity index (χ3n) is 4.41. The average Bonchev–Trinajstić information content (AvgIpc) is 3.26. The van der Waals surface area contributed by atoms with Crippen LogP contribution in [0.15, 0.2) is 57.5 Å². The Morgan fingerprint density at radius 3 is 2.74 bits per heavy atom. The van der Waals surface area contributed by atoms with Crippen LogP contribution in [0.4, 0.5) is 0 Å². The number of hydrogen-bond donors (Lipinski definition) is 1. The van der Waals surface area contributed by atoms with E-state index >= 15 is 0 Å². The number of nitrogens with one attached hydrogen (secondary N) is 1.